The first-order valence-electron chi connectivity index (χ1n) is 8.07. The second-order valence-electron chi connectivity index (χ2n) is 5.46. The third-order valence-corrected chi connectivity index (χ3v) is 3.81. The minimum absolute atomic E-state index is 0.114. The molecule has 0 saturated heterocycles. The van der Waals surface area contributed by atoms with E-state index >= 15 is 0 Å². The van der Waals surface area contributed by atoms with Crippen LogP contribution in [-0.4, -0.2) is 31.5 Å². The fourth-order valence-corrected chi connectivity index (χ4v) is 2.72. The molecule has 7 heteroatoms. The Morgan fingerprint density at radius 2 is 1.88 bits per heavy atom. The molecule has 0 aliphatic heterocycles. The molecule has 0 amide bonds. The lowest BCUT2D eigenvalue weighted by Crippen LogP contribution is -2.19. The van der Waals surface area contributed by atoms with Crippen molar-refractivity contribution < 1.29 is 14.2 Å². The van der Waals surface area contributed by atoms with Gasteiger partial charge in [0.1, 0.15) is 12.3 Å². The lowest BCUT2D eigenvalue weighted by molar-refractivity contribution is 0.143. The van der Waals surface area contributed by atoms with Gasteiger partial charge in [-0.1, -0.05) is 6.92 Å². The molecule has 0 radical (unpaired) electrons. The zero-order valence-corrected chi connectivity index (χ0v) is 16.3. The van der Waals surface area contributed by atoms with E-state index in [1.165, 1.54) is 4.57 Å². The highest BCUT2D eigenvalue weighted by atomic mass is 79.9. The van der Waals surface area contributed by atoms with E-state index in [1.807, 2.05) is 25.1 Å². The van der Waals surface area contributed by atoms with E-state index in [0.29, 0.717) is 37.0 Å². The molecule has 136 valence electrons. The van der Waals surface area contributed by atoms with Crippen LogP contribution in [0.4, 0.5) is 11.4 Å². The van der Waals surface area contributed by atoms with Gasteiger partial charge in [-0.2, -0.15) is 0 Å². The van der Waals surface area contributed by atoms with Crippen LogP contribution in [0.3, 0.4) is 0 Å². The number of anilines is 2. The molecule has 0 aliphatic carbocycles. The third-order valence-electron chi connectivity index (χ3n) is 3.38. The topological polar surface area (TPSA) is 61.7 Å². The Morgan fingerprint density at radius 1 is 1.12 bits per heavy atom. The van der Waals surface area contributed by atoms with Gasteiger partial charge in [-0.15, -0.1) is 0 Å². The largest absolute Gasteiger partial charge is 0.490 e. The number of hydrogen-bond donors (Lipinski definition) is 1. The highest BCUT2D eigenvalue weighted by Gasteiger charge is 2.09. The predicted octanol–water partition coefficient (Wildman–Crippen LogP) is 3.71. The average Bonchev–Trinajstić information content (AvgIpc) is 2.58. The van der Waals surface area contributed by atoms with E-state index in [0.717, 1.165) is 16.6 Å². The maximum Gasteiger partial charge on any atom is 0.274 e. The van der Waals surface area contributed by atoms with Crippen LogP contribution in [0.5, 0.6) is 11.5 Å². The van der Waals surface area contributed by atoms with Gasteiger partial charge in [-0.3, -0.25) is 4.79 Å². The van der Waals surface area contributed by atoms with E-state index in [9.17, 15) is 4.79 Å². The number of pyridine rings is 1. The van der Waals surface area contributed by atoms with Crippen LogP contribution in [0.1, 0.15) is 13.3 Å². The molecule has 0 saturated carbocycles. The molecule has 2 aromatic rings. The number of methoxy groups -OCH3 is 1. The van der Waals surface area contributed by atoms with Crippen molar-refractivity contribution in [3.05, 3.63) is 45.3 Å². The monoisotopic (exact) mass is 410 g/mol. The van der Waals surface area contributed by atoms with Gasteiger partial charge in [-0.05, 0) is 40.5 Å². The second kappa shape index (κ2) is 9.48. The number of nitrogens with zero attached hydrogens (tertiary/aromatic N) is 1. The van der Waals surface area contributed by atoms with Gasteiger partial charge in [0.05, 0.1) is 13.2 Å². The van der Waals surface area contributed by atoms with Gasteiger partial charge >= 0.3 is 0 Å². The Kier molecular flexibility index (Phi) is 7.33. The van der Waals surface area contributed by atoms with Crippen molar-refractivity contribution in [3.63, 3.8) is 0 Å². The second-order valence-corrected chi connectivity index (χ2v) is 6.38. The van der Waals surface area contributed by atoms with Crippen LogP contribution in [0.25, 0.3) is 0 Å². The summed E-state index contributed by atoms with van der Waals surface area (Å²) in [7, 11) is 3.33. The number of aromatic nitrogens is 1. The fraction of sp³-hybridized carbons (Fsp3) is 0.389. The van der Waals surface area contributed by atoms with E-state index in [4.69, 9.17) is 14.2 Å². The van der Waals surface area contributed by atoms with Gasteiger partial charge in [0.2, 0.25) is 0 Å². The van der Waals surface area contributed by atoms with E-state index in [-0.39, 0.29) is 5.56 Å². The number of nitrogens with one attached hydrogen (secondary N) is 1. The van der Waals surface area contributed by atoms with Crippen molar-refractivity contribution in [1.82, 2.24) is 4.57 Å². The first kappa shape index (κ1) is 19.3. The van der Waals surface area contributed by atoms with Gasteiger partial charge in [-0.25, -0.2) is 0 Å². The molecule has 1 aromatic carbocycles. The number of hydrogen-bond acceptors (Lipinski definition) is 5. The van der Waals surface area contributed by atoms with Crippen molar-refractivity contribution in [3.8, 4) is 11.5 Å². The Labute approximate surface area is 155 Å². The van der Waals surface area contributed by atoms with Crippen LogP contribution in [0.15, 0.2) is 39.7 Å². The zero-order chi connectivity index (χ0) is 18.2. The van der Waals surface area contributed by atoms with Gasteiger partial charge < -0.3 is 24.1 Å². The predicted molar refractivity (Wildman–Crippen MR) is 102 cm³/mol. The first-order valence-corrected chi connectivity index (χ1v) is 8.86. The Bertz CT molecular complexity index is 761. The molecule has 1 heterocycles. The van der Waals surface area contributed by atoms with Gasteiger partial charge in [0.15, 0.2) is 11.5 Å². The number of halogens is 1. The summed E-state index contributed by atoms with van der Waals surface area (Å²) in [6.07, 6.45) is 2.63. The molecular weight excluding hydrogens is 388 g/mol. The third kappa shape index (κ3) is 5.51. The molecule has 0 unspecified atom stereocenters. The van der Waals surface area contributed by atoms with Crippen LogP contribution < -0.4 is 20.3 Å². The summed E-state index contributed by atoms with van der Waals surface area (Å²) in [4.78, 5) is 12.2. The van der Waals surface area contributed by atoms with E-state index < -0.39 is 0 Å². The Morgan fingerprint density at radius 3 is 2.60 bits per heavy atom. The molecule has 0 atom stereocenters. The lowest BCUT2D eigenvalue weighted by atomic mass is 10.2. The highest BCUT2D eigenvalue weighted by Crippen LogP contribution is 2.32. The summed E-state index contributed by atoms with van der Waals surface area (Å²) in [5, 5.41) is 3.14. The standard InChI is InChI=1S/C18H23BrN2O4/c1-4-7-24-16-6-5-14(11-17(16)25-9-8-23-3)20-15-10-13(19)12-21(2)18(15)22/h5-6,10-12,20H,4,7-9H2,1-3H3. The maximum absolute atomic E-state index is 12.2. The molecule has 1 N–H and O–H groups in total. The molecular formula is C18H23BrN2O4. The summed E-state index contributed by atoms with van der Waals surface area (Å²) >= 11 is 3.40. The minimum atomic E-state index is -0.114. The molecule has 0 aliphatic rings. The van der Waals surface area contributed by atoms with Gasteiger partial charge in [0.25, 0.3) is 5.56 Å². The Balaban J connectivity index is 2.26. The normalized spacial score (nSPS) is 10.6. The van der Waals surface area contributed by atoms with Crippen molar-refractivity contribution in [1.29, 1.82) is 0 Å². The Hall–Kier alpha value is -1.99. The molecule has 6 nitrogen and oxygen atoms in total. The first-order chi connectivity index (χ1) is 12.0. The van der Waals surface area contributed by atoms with Gasteiger partial charge in [0, 0.05) is 36.6 Å². The maximum atomic E-state index is 12.2. The molecule has 0 fully saturated rings. The van der Waals surface area contributed by atoms with E-state index in [1.54, 1.807) is 26.4 Å². The molecule has 25 heavy (non-hydrogen) atoms. The molecule has 2 rings (SSSR count). The fourth-order valence-electron chi connectivity index (χ4n) is 2.18. The molecule has 0 bridgehead atoms. The van der Waals surface area contributed by atoms with Crippen molar-refractivity contribution in [2.24, 2.45) is 7.05 Å². The highest BCUT2D eigenvalue weighted by molar-refractivity contribution is 9.10. The summed E-state index contributed by atoms with van der Waals surface area (Å²) in [6, 6.07) is 7.26. The molecule has 1 aromatic heterocycles. The summed E-state index contributed by atoms with van der Waals surface area (Å²) in [5.41, 5.74) is 1.10. The number of rotatable bonds is 9. The number of ether oxygens (including phenoxy) is 3. The summed E-state index contributed by atoms with van der Waals surface area (Å²) < 4.78 is 18.8. The van der Waals surface area contributed by atoms with Crippen molar-refractivity contribution >= 4 is 27.3 Å². The van der Waals surface area contributed by atoms with Crippen LogP contribution in [-0.2, 0) is 11.8 Å². The average molecular weight is 411 g/mol. The molecule has 0 spiro atoms. The van der Waals surface area contributed by atoms with Crippen molar-refractivity contribution in [2.75, 3.05) is 32.2 Å². The SMILES string of the molecule is CCCOc1ccc(Nc2cc(Br)cn(C)c2=O)cc1OCCOC. The van der Waals surface area contributed by atoms with E-state index in [2.05, 4.69) is 21.2 Å². The van der Waals surface area contributed by atoms with Crippen molar-refractivity contribution in [2.45, 2.75) is 13.3 Å². The smallest absolute Gasteiger partial charge is 0.274 e. The minimum Gasteiger partial charge on any atom is -0.490 e. The summed E-state index contributed by atoms with van der Waals surface area (Å²) in [6.45, 7) is 3.56. The number of aryl methyl sites for hydroxylation is 1. The quantitative estimate of drug-likeness (QED) is 0.638. The lowest BCUT2D eigenvalue weighted by Gasteiger charge is -2.15. The number of benzene rings is 1. The van der Waals surface area contributed by atoms with Crippen LogP contribution in [0.2, 0.25) is 0 Å². The zero-order valence-electron chi connectivity index (χ0n) is 14.7. The van der Waals surface area contributed by atoms with Crippen LogP contribution in [0, 0.1) is 0 Å². The summed E-state index contributed by atoms with van der Waals surface area (Å²) in [5.74, 6) is 1.29. The van der Waals surface area contributed by atoms with Crippen LogP contribution >= 0.6 is 15.9 Å².